The molecule has 0 spiro atoms. The second-order valence-electron chi connectivity index (χ2n) is 4.37. The van der Waals surface area contributed by atoms with Crippen LogP contribution in [-0.4, -0.2) is 23.1 Å². The molecule has 1 aromatic heterocycles. The third-order valence-corrected chi connectivity index (χ3v) is 2.84. The highest BCUT2D eigenvalue weighted by molar-refractivity contribution is 4.97. The summed E-state index contributed by atoms with van der Waals surface area (Å²) in [7, 11) is 1.98. The molecule has 0 amide bonds. The van der Waals surface area contributed by atoms with Crippen LogP contribution in [0.2, 0.25) is 0 Å². The van der Waals surface area contributed by atoms with E-state index in [0.717, 1.165) is 19.5 Å². The molecule has 0 radical (unpaired) electrons. The zero-order valence-corrected chi connectivity index (χ0v) is 10.7. The van der Waals surface area contributed by atoms with Gasteiger partial charge in [-0.25, -0.2) is 4.98 Å². The molecular weight excluding hydrogens is 198 g/mol. The molecule has 0 saturated carbocycles. The molecule has 0 saturated heterocycles. The van der Waals surface area contributed by atoms with Gasteiger partial charge in [-0.05, 0) is 13.5 Å². The van der Waals surface area contributed by atoms with E-state index in [9.17, 15) is 0 Å². The highest BCUT2D eigenvalue weighted by atomic mass is 15.0. The zero-order chi connectivity index (χ0) is 11.6. The predicted molar refractivity (Wildman–Crippen MR) is 68.6 cm³/mol. The second-order valence-corrected chi connectivity index (χ2v) is 4.37. The first-order valence-corrected chi connectivity index (χ1v) is 6.52. The number of nitrogens with one attached hydrogen (secondary N) is 1. The molecule has 0 aliphatic rings. The number of hydrogen-bond acceptors (Lipinski definition) is 2. The van der Waals surface area contributed by atoms with Gasteiger partial charge < -0.3 is 9.88 Å². The standard InChI is InChI=1S/C13H25N3/c1-3-4-5-6-7-10-16-11-13(15-12-16)8-9-14-2/h11-12,14H,3-10H2,1-2H3. The Kier molecular flexibility index (Phi) is 6.90. The molecule has 0 bridgehead atoms. The quantitative estimate of drug-likeness (QED) is 0.652. The van der Waals surface area contributed by atoms with E-state index in [4.69, 9.17) is 0 Å². The van der Waals surface area contributed by atoms with Gasteiger partial charge in [0, 0.05) is 25.7 Å². The average molecular weight is 223 g/mol. The van der Waals surface area contributed by atoms with Gasteiger partial charge in [-0.1, -0.05) is 32.6 Å². The van der Waals surface area contributed by atoms with Crippen molar-refractivity contribution in [3.63, 3.8) is 0 Å². The van der Waals surface area contributed by atoms with Gasteiger partial charge in [0.1, 0.15) is 0 Å². The van der Waals surface area contributed by atoms with Crippen LogP contribution in [0.5, 0.6) is 0 Å². The lowest BCUT2D eigenvalue weighted by Crippen LogP contribution is -2.10. The first-order chi connectivity index (χ1) is 7.86. The van der Waals surface area contributed by atoms with Gasteiger partial charge in [0.15, 0.2) is 0 Å². The van der Waals surface area contributed by atoms with Crippen LogP contribution in [0.3, 0.4) is 0 Å². The molecule has 0 atom stereocenters. The lowest BCUT2D eigenvalue weighted by atomic mass is 10.1. The summed E-state index contributed by atoms with van der Waals surface area (Å²) in [6.45, 7) is 4.38. The summed E-state index contributed by atoms with van der Waals surface area (Å²) < 4.78 is 2.22. The third-order valence-electron chi connectivity index (χ3n) is 2.84. The van der Waals surface area contributed by atoms with E-state index in [-0.39, 0.29) is 0 Å². The van der Waals surface area contributed by atoms with Crippen molar-refractivity contribution in [2.45, 2.75) is 52.0 Å². The lowest BCUT2D eigenvalue weighted by Gasteiger charge is -2.01. The summed E-state index contributed by atoms with van der Waals surface area (Å²) in [5.74, 6) is 0. The van der Waals surface area contributed by atoms with Crippen LogP contribution in [0, 0.1) is 0 Å². The molecular formula is C13H25N3. The molecule has 1 aromatic rings. The summed E-state index contributed by atoms with van der Waals surface area (Å²) >= 11 is 0. The van der Waals surface area contributed by atoms with Gasteiger partial charge in [0.05, 0.1) is 12.0 Å². The Morgan fingerprint density at radius 1 is 1.25 bits per heavy atom. The number of hydrogen-bond donors (Lipinski definition) is 1. The van der Waals surface area contributed by atoms with Crippen molar-refractivity contribution in [3.8, 4) is 0 Å². The maximum absolute atomic E-state index is 4.39. The third kappa shape index (κ3) is 5.31. The van der Waals surface area contributed by atoms with Crippen LogP contribution < -0.4 is 5.32 Å². The van der Waals surface area contributed by atoms with E-state index in [1.165, 1.54) is 37.8 Å². The molecule has 1 rings (SSSR count). The average Bonchev–Trinajstić information content (AvgIpc) is 2.74. The Bertz CT molecular complexity index is 268. The highest BCUT2D eigenvalue weighted by Gasteiger charge is 1.97. The Labute approximate surface area is 99.3 Å². The zero-order valence-electron chi connectivity index (χ0n) is 10.7. The molecule has 92 valence electrons. The van der Waals surface area contributed by atoms with Gasteiger partial charge in [-0.15, -0.1) is 0 Å². The van der Waals surface area contributed by atoms with E-state index in [1.807, 2.05) is 13.4 Å². The fourth-order valence-corrected chi connectivity index (χ4v) is 1.81. The highest BCUT2D eigenvalue weighted by Crippen LogP contribution is 2.05. The monoisotopic (exact) mass is 223 g/mol. The molecule has 16 heavy (non-hydrogen) atoms. The summed E-state index contributed by atoms with van der Waals surface area (Å²) in [5, 5.41) is 3.14. The SMILES string of the molecule is CCCCCCCn1cnc(CCNC)c1. The van der Waals surface area contributed by atoms with Gasteiger partial charge in [0.2, 0.25) is 0 Å². The topological polar surface area (TPSA) is 29.9 Å². The summed E-state index contributed by atoms with van der Waals surface area (Å²) in [6, 6.07) is 0. The Morgan fingerprint density at radius 3 is 2.81 bits per heavy atom. The second kappa shape index (κ2) is 8.34. The number of likely N-dealkylation sites (N-methyl/N-ethyl adjacent to an activating group) is 1. The van der Waals surface area contributed by atoms with Crippen molar-refractivity contribution >= 4 is 0 Å². The first kappa shape index (κ1) is 13.2. The van der Waals surface area contributed by atoms with E-state index in [2.05, 4.69) is 28.0 Å². The molecule has 3 heteroatoms. The normalized spacial score (nSPS) is 10.9. The minimum atomic E-state index is 1.01. The first-order valence-electron chi connectivity index (χ1n) is 6.52. The fraction of sp³-hybridized carbons (Fsp3) is 0.769. The maximum atomic E-state index is 4.39. The van der Waals surface area contributed by atoms with Crippen LogP contribution >= 0.6 is 0 Å². The van der Waals surface area contributed by atoms with Crippen LogP contribution in [-0.2, 0) is 13.0 Å². The Balaban J connectivity index is 2.14. The molecule has 3 nitrogen and oxygen atoms in total. The Morgan fingerprint density at radius 2 is 2.06 bits per heavy atom. The van der Waals surface area contributed by atoms with Crippen LogP contribution in [0.25, 0.3) is 0 Å². The molecule has 0 aliphatic heterocycles. The number of aryl methyl sites for hydroxylation is 1. The molecule has 1 N–H and O–H groups in total. The molecule has 0 unspecified atom stereocenters. The fourth-order valence-electron chi connectivity index (χ4n) is 1.81. The smallest absolute Gasteiger partial charge is 0.0949 e. The van der Waals surface area contributed by atoms with Gasteiger partial charge in [-0.2, -0.15) is 0 Å². The van der Waals surface area contributed by atoms with Crippen molar-refractivity contribution in [1.29, 1.82) is 0 Å². The number of nitrogens with zero attached hydrogens (tertiary/aromatic N) is 2. The summed E-state index contributed by atoms with van der Waals surface area (Å²) in [6.07, 6.45) is 11.9. The number of aromatic nitrogens is 2. The summed E-state index contributed by atoms with van der Waals surface area (Å²) in [5.41, 5.74) is 1.20. The van der Waals surface area contributed by atoms with Gasteiger partial charge in [-0.3, -0.25) is 0 Å². The molecule has 0 aliphatic carbocycles. The molecule has 0 fully saturated rings. The molecule has 1 heterocycles. The van der Waals surface area contributed by atoms with E-state index in [0.29, 0.717) is 0 Å². The van der Waals surface area contributed by atoms with Crippen molar-refractivity contribution in [1.82, 2.24) is 14.9 Å². The van der Waals surface area contributed by atoms with Crippen molar-refractivity contribution in [2.75, 3.05) is 13.6 Å². The predicted octanol–water partition coefficient (Wildman–Crippen LogP) is 2.62. The number of unbranched alkanes of at least 4 members (excludes halogenated alkanes) is 4. The molecule has 0 aromatic carbocycles. The Hall–Kier alpha value is -0.830. The number of rotatable bonds is 9. The van der Waals surface area contributed by atoms with Crippen molar-refractivity contribution in [2.24, 2.45) is 0 Å². The van der Waals surface area contributed by atoms with Crippen LogP contribution in [0.4, 0.5) is 0 Å². The van der Waals surface area contributed by atoms with E-state index < -0.39 is 0 Å². The van der Waals surface area contributed by atoms with Crippen LogP contribution in [0.1, 0.15) is 44.7 Å². The minimum absolute atomic E-state index is 1.01. The summed E-state index contributed by atoms with van der Waals surface area (Å²) in [4.78, 5) is 4.39. The van der Waals surface area contributed by atoms with Gasteiger partial charge in [0.25, 0.3) is 0 Å². The minimum Gasteiger partial charge on any atom is -0.337 e. The van der Waals surface area contributed by atoms with Crippen molar-refractivity contribution in [3.05, 3.63) is 18.2 Å². The van der Waals surface area contributed by atoms with E-state index in [1.54, 1.807) is 0 Å². The van der Waals surface area contributed by atoms with Crippen molar-refractivity contribution < 1.29 is 0 Å². The maximum Gasteiger partial charge on any atom is 0.0949 e. The van der Waals surface area contributed by atoms with E-state index >= 15 is 0 Å². The largest absolute Gasteiger partial charge is 0.337 e. The lowest BCUT2D eigenvalue weighted by molar-refractivity contribution is 0.568. The number of imidazole rings is 1. The van der Waals surface area contributed by atoms with Crippen LogP contribution in [0.15, 0.2) is 12.5 Å². The van der Waals surface area contributed by atoms with Gasteiger partial charge >= 0.3 is 0 Å².